The Morgan fingerprint density at radius 2 is 1.36 bits per heavy atom. The van der Waals surface area contributed by atoms with E-state index in [1.54, 1.807) is 53.4 Å². The van der Waals surface area contributed by atoms with Gasteiger partial charge in [-0.3, -0.25) is 38.5 Å². The number of cyclic esters (lactones) is 1. The number of aromatic nitrogens is 5. The van der Waals surface area contributed by atoms with Gasteiger partial charge in [-0.1, -0.05) is 56.2 Å². The quantitative estimate of drug-likeness (QED) is 0.0213. The Balaban J connectivity index is 0.527. The van der Waals surface area contributed by atoms with Crippen LogP contribution >= 0.6 is 0 Å². The number of ether oxygens (including phenoxy) is 12. The van der Waals surface area contributed by atoms with E-state index in [4.69, 9.17) is 67.6 Å². The van der Waals surface area contributed by atoms with Gasteiger partial charge in [-0.15, -0.1) is 5.10 Å². The maximum atomic E-state index is 14.2. The number of nitrogens with two attached hydrogens (primary N) is 1. The van der Waals surface area contributed by atoms with Crippen molar-refractivity contribution in [3.05, 3.63) is 104 Å². The molecule has 584 valence electrons. The van der Waals surface area contributed by atoms with Crippen molar-refractivity contribution in [1.29, 1.82) is 0 Å². The molecule has 0 spiro atoms. The van der Waals surface area contributed by atoms with Crippen LogP contribution in [0.25, 0.3) is 22.3 Å². The van der Waals surface area contributed by atoms with Gasteiger partial charge in [0.15, 0.2) is 11.6 Å². The van der Waals surface area contributed by atoms with Crippen LogP contribution in [0.5, 0.6) is 0 Å². The number of carbonyl (C=O) groups is 8. The molecule has 1 aliphatic carbocycles. The second-order valence-electron chi connectivity index (χ2n) is 27.6. The first-order chi connectivity index (χ1) is 52.0. The van der Waals surface area contributed by atoms with Crippen molar-refractivity contribution in [1.82, 2.24) is 29.4 Å². The number of unbranched alkanes of at least 4 members (excludes halogenated alkanes) is 1. The Morgan fingerprint density at radius 3 is 1.97 bits per heavy atom. The summed E-state index contributed by atoms with van der Waals surface area (Å²) in [6.07, 6.45) is 8.14. The van der Waals surface area contributed by atoms with E-state index in [9.17, 15) is 43.2 Å². The number of carbonyl (C=O) groups excluding carboxylic acids is 8. The van der Waals surface area contributed by atoms with Gasteiger partial charge in [0.1, 0.15) is 32.2 Å². The Labute approximate surface area is 624 Å². The number of imide groups is 1. The Kier molecular flexibility index (Phi) is 33.5. The summed E-state index contributed by atoms with van der Waals surface area (Å²) in [5, 5.41) is 12.3. The molecular formula is C78H106N8O21. The Hall–Kier alpha value is -8.10. The van der Waals surface area contributed by atoms with Gasteiger partial charge in [-0.25, -0.2) is 19.3 Å². The number of benzene rings is 2. The molecule has 3 aromatic heterocycles. The Morgan fingerprint density at radius 1 is 0.720 bits per heavy atom. The molecular weight excluding hydrogens is 1380 g/mol. The van der Waals surface area contributed by atoms with Crippen LogP contribution in [0.1, 0.15) is 143 Å². The third-order valence-electron chi connectivity index (χ3n) is 19.7. The van der Waals surface area contributed by atoms with Crippen LogP contribution in [0.15, 0.2) is 59.5 Å². The smallest absolute Gasteiger partial charge is 0.457 e. The average molecular weight is 1490 g/mol. The van der Waals surface area contributed by atoms with E-state index in [1.165, 1.54) is 4.90 Å². The maximum Gasteiger partial charge on any atom is 0.510 e. The first-order valence-corrected chi connectivity index (χ1v) is 37.8. The number of rotatable bonds is 51. The van der Waals surface area contributed by atoms with Gasteiger partial charge in [0.25, 0.3) is 5.56 Å². The summed E-state index contributed by atoms with van der Waals surface area (Å²) < 4.78 is 70.4. The van der Waals surface area contributed by atoms with Crippen molar-refractivity contribution in [2.24, 2.45) is 29.4 Å². The van der Waals surface area contributed by atoms with Gasteiger partial charge in [0, 0.05) is 91.4 Å². The van der Waals surface area contributed by atoms with Gasteiger partial charge in [0.05, 0.1) is 140 Å². The number of aryl methyl sites for hydroxylation is 3. The second kappa shape index (κ2) is 43.2. The third-order valence-corrected chi connectivity index (χ3v) is 19.7. The number of hydrogen-bond acceptors (Lipinski definition) is 25. The van der Waals surface area contributed by atoms with E-state index >= 15 is 0 Å². The lowest BCUT2D eigenvalue weighted by Crippen LogP contribution is -2.47. The molecule has 3 N–H and O–H groups in total. The molecule has 1 saturated carbocycles. The van der Waals surface area contributed by atoms with Crippen molar-refractivity contribution in [2.75, 3.05) is 137 Å². The molecule has 0 radical (unpaired) electrons. The molecule has 9 rings (SSSR count). The second-order valence-corrected chi connectivity index (χ2v) is 27.6. The summed E-state index contributed by atoms with van der Waals surface area (Å²) in [7, 11) is 0. The molecule has 29 heteroatoms. The monoisotopic (exact) mass is 1490 g/mol. The van der Waals surface area contributed by atoms with Gasteiger partial charge < -0.3 is 72.5 Å². The standard InChI is InChI=1S/C78H106N8O21/c1-5-63-64-42-53(3)12-22-68(64)81-72-65(63)48-85-69(72)45-67-66(75(85)93)52-105-76(94)78(67,6-2)107-77(95)106-49-56-15-19-59(20-16-56)80-73(91)58(10-7-8-24-79)44-62(88)51-104-50-61(87)11-9-26-96-28-30-98-32-34-100-36-38-102-40-41-103-39-37-101-35-33-99-31-29-97-27-25-84-47-60(82-83-84)21-23-70(89)57-17-13-55(14-18-57)46-86-71(90)43-54(4)74(86)92/h12,15-16,19-20,22,42,45,47,54-55,57-58H,5-11,13-14,17-18,21,23-41,43-44,46,48-52,79H2,1-4H3,(H,80,91). The van der Waals surface area contributed by atoms with E-state index in [-0.39, 0.29) is 115 Å². The average Bonchev–Trinajstić information content (AvgIpc) is 1.60. The lowest BCUT2D eigenvalue weighted by Gasteiger charge is -2.35. The third kappa shape index (κ3) is 24.4. The molecule has 0 bridgehead atoms. The molecule has 2 aromatic carbocycles. The number of hydrogen-bond donors (Lipinski definition) is 2. The molecule has 1 saturated heterocycles. The number of nitrogens with zero attached hydrogens (tertiary/aromatic N) is 6. The summed E-state index contributed by atoms with van der Waals surface area (Å²) in [5.74, 6) is -2.26. The van der Waals surface area contributed by atoms with Crippen LogP contribution in [-0.2, 0) is 135 Å². The van der Waals surface area contributed by atoms with Crippen LogP contribution in [0.2, 0.25) is 0 Å². The van der Waals surface area contributed by atoms with E-state index in [0.29, 0.717) is 199 Å². The van der Waals surface area contributed by atoms with Crippen LogP contribution in [0.3, 0.4) is 0 Å². The minimum Gasteiger partial charge on any atom is -0.457 e. The number of nitrogens with one attached hydrogen (secondary N) is 1. The molecule has 6 heterocycles. The maximum absolute atomic E-state index is 14.2. The highest BCUT2D eigenvalue weighted by molar-refractivity contribution is 6.03. The number of anilines is 1. The topological polar surface area (TPSA) is 354 Å². The van der Waals surface area contributed by atoms with E-state index in [0.717, 1.165) is 65.4 Å². The fourth-order valence-electron chi connectivity index (χ4n) is 13.8. The van der Waals surface area contributed by atoms with Crippen molar-refractivity contribution in [2.45, 2.75) is 156 Å². The summed E-state index contributed by atoms with van der Waals surface area (Å²) in [6, 6.07) is 14.3. The molecule has 4 aliphatic rings. The number of pyridine rings is 2. The van der Waals surface area contributed by atoms with Gasteiger partial charge in [-0.05, 0) is 119 Å². The molecule has 3 atom stereocenters. The van der Waals surface area contributed by atoms with Crippen molar-refractivity contribution in [3.63, 3.8) is 0 Å². The number of fused-ring (bicyclic) bond motifs is 5. The summed E-state index contributed by atoms with van der Waals surface area (Å²) >= 11 is 0. The van der Waals surface area contributed by atoms with Gasteiger partial charge in [0.2, 0.25) is 23.3 Å². The van der Waals surface area contributed by atoms with Gasteiger partial charge >= 0.3 is 12.1 Å². The predicted octanol–water partition coefficient (Wildman–Crippen LogP) is 7.45. The van der Waals surface area contributed by atoms with Crippen LogP contribution in [-0.4, -0.2) is 209 Å². The highest BCUT2D eigenvalue weighted by atomic mass is 16.7. The Bertz CT molecular complexity index is 3840. The number of amides is 3. The van der Waals surface area contributed by atoms with Crippen LogP contribution in [0, 0.1) is 30.6 Å². The lowest BCUT2D eigenvalue weighted by atomic mass is 9.79. The lowest BCUT2D eigenvalue weighted by molar-refractivity contribution is -0.175. The van der Waals surface area contributed by atoms with Crippen molar-refractivity contribution < 1.29 is 95.2 Å². The summed E-state index contributed by atoms with van der Waals surface area (Å²) in [4.78, 5) is 124. The highest BCUT2D eigenvalue weighted by Crippen LogP contribution is 2.43. The fraction of sp³-hybridized carbons (Fsp3) is 0.615. The first kappa shape index (κ1) is 82.9. The number of likely N-dealkylation sites (tertiary alicyclic amines) is 1. The van der Waals surface area contributed by atoms with E-state index in [2.05, 4.69) is 28.6 Å². The predicted molar refractivity (Wildman–Crippen MR) is 390 cm³/mol. The number of ketones is 3. The summed E-state index contributed by atoms with van der Waals surface area (Å²) in [6.45, 7) is 14.7. The molecule has 2 fully saturated rings. The number of Topliss-reactive ketones (excluding diaryl/α,β-unsaturated/α-hetero) is 3. The first-order valence-electron chi connectivity index (χ1n) is 37.8. The van der Waals surface area contributed by atoms with Crippen molar-refractivity contribution >= 4 is 63.8 Å². The molecule has 107 heavy (non-hydrogen) atoms. The minimum atomic E-state index is -1.96. The van der Waals surface area contributed by atoms with E-state index in [1.807, 2.05) is 25.3 Å². The fourth-order valence-corrected chi connectivity index (χ4v) is 13.8. The zero-order valence-corrected chi connectivity index (χ0v) is 62.4. The van der Waals surface area contributed by atoms with Gasteiger partial charge in [-0.2, -0.15) is 0 Å². The molecule has 3 aliphatic heterocycles. The van der Waals surface area contributed by atoms with Crippen molar-refractivity contribution in [3.8, 4) is 11.4 Å². The number of esters is 1. The zero-order chi connectivity index (χ0) is 75.9. The summed E-state index contributed by atoms with van der Waals surface area (Å²) in [5.41, 5.74) is 10.7. The normalized spacial score (nSPS) is 17.8. The molecule has 5 aromatic rings. The largest absolute Gasteiger partial charge is 0.510 e. The highest BCUT2D eigenvalue weighted by Gasteiger charge is 2.51. The van der Waals surface area contributed by atoms with Crippen LogP contribution < -0.4 is 16.6 Å². The molecule has 3 amide bonds. The molecule has 3 unspecified atom stereocenters. The van der Waals surface area contributed by atoms with Crippen LogP contribution in [0.4, 0.5) is 10.5 Å². The molecule has 29 nitrogen and oxygen atoms in total. The minimum absolute atomic E-state index is 0.0146. The van der Waals surface area contributed by atoms with E-state index < -0.39 is 23.6 Å². The SMILES string of the molecule is CCc1c2c(nc3ccc(C)cc13)-c1cc3c(c(=O)n1C2)COC(=O)C3(CC)OC(=O)OCc1ccc(NC(=O)C(CCCCN)CC(=O)COCC(=O)CCCOCCOCCOCCOCCOCCOCCOCCOCCn2cc(CCC(=O)C3CCC(CN4C(=O)CC(C)C4=O)CC3)nn2)cc1. The zero-order valence-electron chi connectivity index (χ0n) is 62.4.